The van der Waals surface area contributed by atoms with Crippen molar-refractivity contribution in [3.05, 3.63) is 35.4 Å². The Morgan fingerprint density at radius 1 is 1.32 bits per heavy atom. The van der Waals surface area contributed by atoms with Gasteiger partial charge in [0.05, 0.1) is 17.7 Å². The van der Waals surface area contributed by atoms with Crippen LogP contribution in [0.5, 0.6) is 0 Å². The molecule has 0 fully saturated rings. The van der Waals surface area contributed by atoms with Crippen LogP contribution in [0.2, 0.25) is 0 Å². The summed E-state index contributed by atoms with van der Waals surface area (Å²) in [6.07, 6.45) is 0. The zero-order chi connectivity index (χ0) is 14.3. The molecule has 19 heavy (non-hydrogen) atoms. The average Bonchev–Trinajstić information content (AvgIpc) is 2.42. The minimum Gasteiger partial charge on any atom is -0.354 e. The van der Waals surface area contributed by atoms with E-state index in [2.05, 4.69) is 30.6 Å². The lowest BCUT2D eigenvalue weighted by Crippen LogP contribution is -2.43. The Balaban J connectivity index is 2.48. The highest BCUT2D eigenvalue weighted by Gasteiger charge is 2.12. The summed E-state index contributed by atoms with van der Waals surface area (Å²) in [5.41, 5.74) is 1.55. The van der Waals surface area contributed by atoms with Crippen LogP contribution >= 0.6 is 0 Å². The second-order valence-corrected chi connectivity index (χ2v) is 5.01. The first-order valence-electron chi connectivity index (χ1n) is 6.53. The number of nitrogens with one attached hydrogen (secondary N) is 2. The van der Waals surface area contributed by atoms with Crippen molar-refractivity contribution < 1.29 is 4.79 Å². The van der Waals surface area contributed by atoms with E-state index in [4.69, 9.17) is 5.26 Å². The number of amides is 1. The summed E-state index contributed by atoms with van der Waals surface area (Å²) in [7, 11) is 0. The molecule has 102 valence electrons. The Hall–Kier alpha value is -1.86. The fourth-order valence-corrected chi connectivity index (χ4v) is 1.60. The van der Waals surface area contributed by atoms with Crippen LogP contribution in [0.1, 0.15) is 31.9 Å². The summed E-state index contributed by atoms with van der Waals surface area (Å²) < 4.78 is 0. The molecule has 1 amide bonds. The quantitative estimate of drug-likeness (QED) is 0.819. The third-order valence-electron chi connectivity index (χ3n) is 2.81. The summed E-state index contributed by atoms with van der Waals surface area (Å²) in [4.78, 5) is 11.8. The lowest BCUT2D eigenvalue weighted by Gasteiger charge is -2.15. The predicted molar refractivity (Wildman–Crippen MR) is 75.3 cm³/mol. The van der Waals surface area contributed by atoms with E-state index in [9.17, 15) is 4.79 Å². The lowest BCUT2D eigenvalue weighted by atomic mass is 10.1. The molecular formula is C15H21N3O. The van der Waals surface area contributed by atoms with E-state index >= 15 is 0 Å². The molecule has 0 saturated heterocycles. The zero-order valence-corrected chi connectivity index (χ0v) is 11.7. The van der Waals surface area contributed by atoms with Crippen LogP contribution in [0.3, 0.4) is 0 Å². The highest BCUT2D eigenvalue weighted by Crippen LogP contribution is 2.06. The number of hydrogen-bond acceptors (Lipinski definition) is 3. The minimum atomic E-state index is -0.273. The SMILES string of the molecule is CC(C)CNC(=O)C(C)NCc1ccccc1C#N. The van der Waals surface area contributed by atoms with E-state index in [1.54, 1.807) is 6.07 Å². The van der Waals surface area contributed by atoms with E-state index in [0.29, 0.717) is 24.6 Å². The average molecular weight is 259 g/mol. The van der Waals surface area contributed by atoms with Crippen molar-refractivity contribution in [3.8, 4) is 6.07 Å². The normalized spacial score (nSPS) is 11.9. The van der Waals surface area contributed by atoms with Gasteiger partial charge in [0.2, 0.25) is 5.91 Å². The summed E-state index contributed by atoms with van der Waals surface area (Å²) in [6, 6.07) is 9.27. The number of rotatable bonds is 6. The van der Waals surface area contributed by atoms with Gasteiger partial charge in [0.15, 0.2) is 0 Å². The third kappa shape index (κ3) is 5.11. The van der Waals surface area contributed by atoms with Gasteiger partial charge in [-0.2, -0.15) is 5.26 Å². The fourth-order valence-electron chi connectivity index (χ4n) is 1.60. The molecule has 0 aromatic heterocycles. The molecule has 0 aliphatic carbocycles. The van der Waals surface area contributed by atoms with Crippen molar-refractivity contribution >= 4 is 5.91 Å². The molecule has 0 saturated carbocycles. The molecule has 0 heterocycles. The Bertz CT molecular complexity index is 463. The van der Waals surface area contributed by atoms with Crippen molar-refractivity contribution in [1.29, 1.82) is 5.26 Å². The molecule has 0 radical (unpaired) electrons. The Kier molecular flexibility index (Phi) is 6.04. The highest BCUT2D eigenvalue weighted by molar-refractivity contribution is 5.81. The van der Waals surface area contributed by atoms with Crippen LogP contribution in [-0.4, -0.2) is 18.5 Å². The molecule has 0 spiro atoms. The summed E-state index contributed by atoms with van der Waals surface area (Å²) in [5.74, 6) is 0.429. The molecule has 0 bridgehead atoms. The van der Waals surface area contributed by atoms with Crippen LogP contribution in [0.15, 0.2) is 24.3 Å². The molecule has 1 aromatic rings. The van der Waals surface area contributed by atoms with Gasteiger partial charge < -0.3 is 10.6 Å². The molecule has 0 aliphatic heterocycles. The minimum absolute atomic E-state index is 0.0110. The molecule has 1 atom stereocenters. The van der Waals surface area contributed by atoms with Crippen LogP contribution in [-0.2, 0) is 11.3 Å². The van der Waals surface area contributed by atoms with E-state index in [-0.39, 0.29) is 11.9 Å². The largest absolute Gasteiger partial charge is 0.354 e. The van der Waals surface area contributed by atoms with Crippen LogP contribution in [0, 0.1) is 17.2 Å². The molecule has 0 aliphatic rings. The predicted octanol–water partition coefficient (Wildman–Crippen LogP) is 1.81. The Morgan fingerprint density at radius 3 is 2.63 bits per heavy atom. The number of hydrogen-bond donors (Lipinski definition) is 2. The van der Waals surface area contributed by atoms with Crippen molar-refractivity contribution in [2.24, 2.45) is 5.92 Å². The second kappa shape index (κ2) is 7.55. The Morgan fingerprint density at radius 2 is 2.00 bits per heavy atom. The molecule has 4 nitrogen and oxygen atoms in total. The van der Waals surface area contributed by atoms with E-state index < -0.39 is 0 Å². The van der Waals surface area contributed by atoms with Gasteiger partial charge in [-0.05, 0) is 24.5 Å². The topological polar surface area (TPSA) is 64.9 Å². The summed E-state index contributed by atoms with van der Waals surface area (Å²) >= 11 is 0. The number of nitriles is 1. The smallest absolute Gasteiger partial charge is 0.236 e. The summed E-state index contributed by atoms with van der Waals surface area (Å²) in [6.45, 7) is 7.13. The van der Waals surface area contributed by atoms with Gasteiger partial charge in [-0.25, -0.2) is 0 Å². The third-order valence-corrected chi connectivity index (χ3v) is 2.81. The van der Waals surface area contributed by atoms with Gasteiger partial charge >= 0.3 is 0 Å². The van der Waals surface area contributed by atoms with Gasteiger partial charge in [0, 0.05) is 13.1 Å². The van der Waals surface area contributed by atoms with Crippen molar-refractivity contribution in [1.82, 2.24) is 10.6 Å². The molecular weight excluding hydrogens is 238 g/mol. The zero-order valence-electron chi connectivity index (χ0n) is 11.7. The standard InChI is InChI=1S/C15H21N3O/c1-11(2)9-18-15(19)12(3)17-10-14-7-5-4-6-13(14)8-16/h4-7,11-12,17H,9-10H2,1-3H3,(H,18,19). The number of benzene rings is 1. The van der Waals surface area contributed by atoms with Gasteiger partial charge in [0.1, 0.15) is 0 Å². The molecule has 1 unspecified atom stereocenters. The first-order chi connectivity index (χ1) is 9.04. The van der Waals surface area contributed by atoms with E-state index in [1.807, 2.05) is 25.1 Å². The van der Waals surface area contributed by atoms with Crippen LogP contribution in [0.25, 0.3) is 0 Å². The second-order valence-electron chi connectivity index (χ2n) is 5.01. The lowest BCUT2D eigenvalue weighted by molar-refractivity contribution is -0.122. The van der Waals surface area contributed by atoms with Crippen LogP contribution in [0.4, 0.5) is 0 Å². The molecule has 1 rings (SSSR count). The van der Waals surface area contributed by atoms with E-state index in [0.717, 1.165) is 5.56 Å². The molecule has 1 aromatic carbocycles. The Labute approximate surface area is 114 Å². The molecule has 4 heteroatoms. The first-order valence-corrected chi connectivity index (χ1v) is 6.53. The number of carbonyl (C=O) groups excluding carboxylic acids is 1. The van der Waals surface area contributed by atoms with Crippen molar-refractivity contribution in [2.75, 3.05) is 6.54 Å². The van der Waals surface area contributed by atoms with Gasteiger partial charge in [-0.1, -0.05) is 32.0 Å². The van der Waals surface area contributed by atoms with Gasteiger partial charge in [-0.15, -0.1) is 0 Å². The van der Waals surface area contributed by atoms with Crippen LogP contribution < -0.4 is 10.6 Å². The number of nitrogens with zero attached hydrogens (tertiary/aromatic N) is 1. The number of carbonyl (C=O) groups is 1. The van der Waals surface area contributed by atoms with E-state index in [1.165, 1.54) is 0 Å². The van der Waals surface area contributed by atoms with Gasteiger partial charge in [-0.3, -0.25) is 4.79 Å². The maximum Gasteiger partial charge on any atom is 0.236 e. The maximum absolute atomic E-state index is 11.8. The highest BCUT2D eigenvalue weighted by atomic mass is 16.2. The van der Waals surface area contributed by atoms with Gasteiger partial charge in [0.25, 0.3) is 0 Å². The van der Waals surface area contributed by atoms with Crippen molar-refractivity contribution in [2.45, 2.75) is 33.4 Å². The summed E-state index contributed by atoms with van der Waals surface area (Å²) in [5, 5.41) is 15.0. The molecule has 2 N–H and O–H groups in total. The maximum atomic E-state index is 11.8. The monoisotopic (exact) mass is 259 g/mol. The fraction of sp³-hybridized carbons (Fsp3) is 0.467. The van der Waals surface area contributed by atoms with Crippen molar-refractivity contribution in [3.63, 3.8) is 0 Å². The first kappa shape index (κ1) is 15.2.